The molecule has 1 aliphatic rings. The maximum atomic E-state index is 13.9. The number of rotatable bonds is 5. The van der Waals surface area contributed by atoms with Gasteiger partial charge in [-0.2, -0.15) is 8.78 Å². The fourth-order valence-electron chi connectivity index (χ4n) is 2.96. The molecule has 1 nitrogen and oxygen atoms in total. The molecule has 0 saturated heterocycles. The van der Waals surface area contributed by atoms with Crippen LogP contribution in [0.1, 0.15) is 38.2 Å². The third-order valence-electron chi connectivity index (χ3n) is 4.02. The van der Waals surface area contributed by atoms with Gasteiger partial charge in [0.25, 0.3) is 5.92 Å². The highest BCUT2D eigenvalue weighted by Gasteiger charge is 2.31. The molecule has 19 heavy (non-hydrogen) atoms. The van der Waals surface area contributed by atoms with E-state index >= 15 is 0 Å². The van der Waals surface area contributed by atoms with Crippen molar-refractivity contribution >= 4 is 0 Å². The number of halogens is 2. The lowest BCUT2D eigenvalue weighted by Gasteiger charge is -2.27. The first kappa shape index (κ1) is 14.4. The van der Waals surface area contributed by atoms with Gasteiger partial charge in [0.15, 0.2) is 0 Å². The van der Waals surface area contributed by atoms with E-state index < -0.39 is 5.92 Å². The zero-order valence-corrected chi connectivity index (χ0v) is 11.5. The zero-order chi connectivity index (χ0) is 13.7. The van der Waals surface area contributed by atoms with Gasteiger partial charge in [0, 0.05) is 5.56 Å². The second-order valence-corrected chi connectivity index (χ2v) is 5.84. The predicted molar refractivity (Wildman–Crippen MR) is 74.3 cm³/mol. The van der Waals surface area contributed by atoms with E-state index in [-0.39, 0.29) is 12.1 Å². The van der Waals surface area contributed by atoms with Crippen LogP contribution < -0.4 is 5.32 Å². The van der Waals surface area contributed by atoms with Crippen molar-refractivity contribution in [2.24, 2.45) is 11.8 Å². The number of hydrogen-bond donors (Lipinski definition) is 1. The monoisotopic (exact) mass is 267 g/mol. The van der Waals surface area contributed by atoms with Crippen LogP contribution in [0.25, 0.3) is 0 Å². The Bertz CT molecular complexity index is 378. The predicted octanol–water partition coefficient (Wildman–Crippen LogP) is 4.19. The van der Waals surface area contributed by atoms with Gasteiger partial charge in [-0.15, -0.1) is 0 Å². The fourth-order valence-corrected chi connectivity index (χ4v) is 2.96. The summed E-state index contributed by atoms with van der Waals surface area (Å²) in [4.78, 5) is 0. The van der Waals surface area contributed by atoms with Crippen molar-refractivity contribution in [3.05, 3.63) is 35.9 Å². The van der Waals surface area contributed by atoms with E-state index in [1.807, 2.05) is 0 Å². The van der Waals surface area contributed by atoms with E-state index in [1.54, 1.807) is 18.2 Å². The van der Waals surface area contributed by atoms with Gasteiger partial charge >= 0.3 is 0 Å². The first-order valence-electron chi connectivity index (χ1n) is 7.22. The lowest BCUT2D eigenvalue weighted by molar-refractivity contribution is -0.00429. The van der Waals surface area contributed by atoms with E-state index in [4.69, 9.17) is 0 Å². The quantitative estimate of drug-likeness (QED) is 0.843. The Morgan fingerprint density at radius 2 is 1.95 bits per heavy atom. The van der Waals surface area contributed by atoms with Crippen molar-refractivity contribution in [2.45, 2.75) is 38.5 Å². The maximum Gasteiger partial charge on any atom is 0.285 e. The molecule has 1 N–H and O–H groups in total. The van der Waals surface area contributed by atoms with E-state index in [0.29, 0.717) is 12.5 Å². The fraction of sp³-hybridized carbons (Fsp3) is 0.625. The molecular formula is C16H23F2N. The highest BCUT2D eigenvalue weighted by molar-refractivity contribution is 5.20. The SMILES string of the molecule is CC1CCCC(CNCC(F)(F)c2ccccc2)C1. The van der Waals surface area contributed by atoms with Crippen molar-refractivity contribution in [3.8, 4) is 0 Å². The summed E-state index contributed by atoms with van der Waals surface area (Å²) in [5, 5.41) is 2.96. The molecule has 1 saturated carbocycles. The van der Waals surface area contributed by atoms with Crippen LogP contribution in [0.5, 0.6) is 0 Å². The van der Waals surface area contributed by atoms with Gasteiger partial charge in [-0.05, 0) is 31.2 Å². The van der Waals surface area contributed by atoms with Crippen LogP contribution in [0, 0.1) is 11.8 Å². The average Bonchev–Trinajstić information content (AvgIpc) is 2.40. The summed E-state index contributed by atoms with van der Waals surface area (Å²) in [7, 11) is 0. The summed E-state index contributed by atoms with van der Waals surface area (Å²) in [6, 6.07) is 8.06. The highest BCUT2D eigenvalue weighted by atomic mass is 19.3. The first-order valence-corrected chi connectivity index (χ1v) is 7.22. The molecule has 1 aliphatic carbocycles. The molecule has 2 unspecified atom stereocenters. The normalized spacial score (nSPS) is 24.4. The molecule has 0 radical (unpaired) electrons. The number of nitrogens with one attached hydrogen (secondary N) is 1. The van der Waals surface area contributed by atoms with Crippen LogP contribution in [0.15, 0.2) is 30.3 Å². The molecule has 0 amide bonds. The topological polar surface area (TPSA) is 12.0 Å². The van der Waals surface area contributed by atoms with E-state index in [2.05, 4.69) is 12.2 Å². The lowest BCUT2D eigenvalue weighted by Crippen LogP contribution is -2.35. The smallest absolute Gasteiger partial charge is 0.285 e. The van der Waals surface area contributed by atoms with Gasteiger partial charge in [0.2, 0.25) is 0 Å². The summed E-state index contributed by atoms with van der Waals surface area (Å²) in [5.74, 6) is -1.47. The van der Waals surface area contributed by atoms with Gasteiger partial charge < -0.3 is 5.32 Å². The van der Waals surface area contributed by atoms with Crippen molar-refractivity contribution in [2.75, 3.05) is 13.1 Å². The number of alkyl halides is 2. The molecule has 0 bridgehead atoms. The standard InChI is InChI=1S/C16H23F2N/c1-13-6-5-7-14(10-13)11-19-12-16(17,18)15-8-3-2-4-9-15/h2-4,8-9,13-14,19H,5-7,10-12H2,1H3. The van der Waals surface area contributed by atoms with Crippen LogP contribution in [0.2, 0.25) is 0 Å². The van der Waals surface area contributed by atoms with E-state index in [1.165, 1.54) is 37.8 Å². The van der Waals surface area contributed by atoms with Crippen molar-refractivity contribution in [1.29, 1.82) is 0 Å². The Hall–Kier alpha value is -0.960. The Morgan fingerprint density at radius 1 is 1.21 bits per heavy atom. The van der Waals surface area contributed by atoms with Crippen molar-refractivity contribution in [1.82, 2.24) is 5.32 Å². The first-order chi connectivity index (χ1) is 9.08. The van der Waals surface area contributed by atoms with Crippen molar-refractivity contribution in [3.63, 3.8) is 0 Å². The molecule has 0 aromatic heterocycles. The molecule has 1 fully saturated rings. The summed E-state index contributed by atoms with van der Waals surface area (Å²) in [6.07, 6.45) is 4.87. The highest BCUT2D eigenvalue weighted by Crippen LogP contribution is 2.29. The summed E-state index contributed by atoms with van der Waals surface area (Å²) in [5.41, 5.74) is 0.0968. The number of hydrogen-bond acceptors (Lipinski definition) is 1. The molecule has 0 aliphatic heterocycles. The minimum atomic E-state index is -2.78. The molecule has 106 valence electrons. The van der Waals surface area contributed by atoms with Gasteiger partial charge in [0.1, 0.15) is 0 Å². The molecule has 1 aromatic carbocycles. The van der Waals surface area contributed by atoms with Gasteiger partial charge in [0.05, 0.1) is 6.54 Å². The van der Waals surface area contributed by atoms with E-state index in [9.17, 15) is 8.78 Å². The maximum absolute atomic E-state index is 13.9. The van der Waals surface area contributed by atoms with E-state index in [0.717, 1.165) is 5.92 Å². The van der Waals surface area contributed by atoms with Crippen LogP contribution in [0.3, 0.4) is 0 Å². The Labute approximate surface area is 114 Å². The molecule has 1 aromatic rings. The van der Waals surface area contributed by atoms with Crippen LogP contribution in [0.4, 0.5) is 8.78 Å². The minimum Gasteiger partial charge on any atom is -0.311 e. The number of benzene rings is 1. The van der Waals surface area contributed by atoms with Gasteiger partial charge in [-0.3, -0.25) is 0 Å². The zero-order valence-electron chi connectivity index (χ0n) is 11.5. The van der Waals surface area contributed by atoms with Crippen LogP contribution in [-0.4, -0.2) is 13.1 Å². The largest absolute Gasteiger partial charge is 0.311 e. The molecular weight excluding hydrogens is 244 g/mol. The summed E-state index contributed by atoms with van der Waals surface area (Å²) in [6.45, 7) is 2.71. The Morgan fingerprint density at radius 3 is 2.63 bits per heavy atom. The third kappa shape index (κ3) is 4.27. The second kappa shape index (κ2) is 6.47. The Kier molecular flexibility index (Phi) is 4.92. The minimum absolute atomic E-state index is 0.0968. The van der Waals surface area contributed by atoms with Crippen molar-refractivity contribution < 1.29 is 8.78 Å². The summed E-state index contributed by atoms with van der Waals surface area (Å²) >= 11 is 0. The third-order valence-corrected chi connectivity index (χ3v) is 4.02. The molecule has 0 heterocycles. The molecule has 3 heteroatoms. The second-order valence-electron chi connectivity index (χ2n) is 5.84. The molecule has 2 rings (SSSR count). The molecule has 0 spiro atoms. The molecule has 2 atom stereocenters. The van der Waals surface area contributed by atoms with Crippen LogP contribution >= 0.6 is 0 Å². The lowest BCUT2D eigenvalue weighted by atomic mass is 9.82. The van der Waals surface area contributed by atoms with Gasteiger partial charge in [-0.1, -0.05) is 50.1 Å². The van der Waals surface area contributed by atoms with Gasteiger partial charge in [-0.25, -0.2) is 0 Å². The summed E-state index contributed by atoms with van der Waals surface area (Å²) < 4.78 is 27.8. The average molecular weight is 267 g/mol. The Balaban J connectivity index is 1.78. The van der Waals surface area contributed by atoms with Crippen LogP contribution in [-0.2, 0) is 5.92 Å².